The SMILES string of the molecule is Cc1oc(-c2cccc(C(F)(F)F)c2)nc1CN1[C@@H]2CC[C@H]1CC(O)C2. The Morgan fingerprint density at radius 2 is 1.92 bits per heavy atom. The smallest absolute Gasteiger partial charge is 0.416 e. The molecule has 4 rings (SSSR count). The maximum Gasteiger partial charge on any atom is 0.416 e. The Bertz CT molecular complexity index is 788. The second-order valence-electron chi connectivity index (χ2n) is 7.28. The number of aliphatic hydroxyl groups is 1. The molecule has 2 aliphatic rings. The zero-order valence-corrected chi connectivity index (χ0v) is 14.5. The molecule has 0 radical (unpaired) electrons. The molecule has 140 valence electrons. The largest absolute Gasteiger partial charge is 0.441 e. The fraction of sp³-hybridized carbons (Fsp3) is 0.526. The van der Waals surface area contributed by atoms with Crippen LogP contribution in [-0.2, 0) is 12.7 Å². The monoisotopic (exact) mass is 366 g/mol. The summed E-state index contributed by atoms with van der Waals surface area (Å²) in [5, 5.41) is 9.92. The summed E-state index contributed by atoms with van der Waals surface area (Å²) in [4.78, 5) is 6.83. The lowest BCUT2D eigenvalue weighted by Gasteiger charge is -2.36. The molecule has 3 heterocycles. The maximum absolute atomic E-state index is 12.9. The van der Waals surface area contributed by atoms with Crippen molar-refractivity contribution in [1.82, 2.24) is 9.88 Å². The molecule has 26 heavy (non-hydrogen) atoms. The molecule has 1 aromatic carbocycles. The zero-order valence-electron chi connectivity index (χ0n) is 14.5. The Labute approximate surface area is 149 Å². The van der Waals surface area contributed by atoms with Crippen LogP contribution in [0, 0.1) is 6.92 Å². The number of aryl methyl sites for hydroxylation is 1. The average molecular weight is 366 g/mol. The number of rotatable bonds is 3. The summed E-state index contributed by atoms with van der Waals surface area (Å²) < 4.78 is 44.4. The highest BCUT2D eigenvalue weighted by molar-refractivity contribution is 5.55. The van der Waals surface area contributed by atoms with Gasteiger partial charge >= 0.3 is 6.18 Å². The number of halogens is 3. The van der Waals surface area contributed by atoms with E-state index in [1.807, 2.05) is 0 Å². The average Bonchev–Trinajstić information content (AvgIpc) is 3.05. The Morgan fingerprint density at radius 3 is 2.58 bits per heavy atom. The predicted molar refractivity (Wildman–Crippen MR) is 89.3 cm³/mol. The topological polar surface area (TPSA) is 49.5 Å². The van der Waals surface area contributed by atoms with E-state index >= 15 is 0 Å². The van der Waals surface area contributed by atoms with Crippen molar-refractivity contribution in [3.05, 3.63) is 41.3 Å². The molecule has 7 heteroatoms. The highest BCUT2D eigenvalue weighted by Gasteiger charge is 2.40. The van der Waals surface area contributed by atoms with Gasteiger partial charge < -0.3 is 9.52 Å². The second-order valence-corrected chi connectivity index (χ2v) is 7.28. The summed E-state index contributed by atoms with van der Waals surface area (Å²) in [7, 11) is 0. The van der Waals surface area contributed by atoms with Crippen LogP contribution in [0.15, 0.2) is 28.7 Å². The zero-order chi connectivity index (χ0) is 18.5. The van der Waals surface area contributed by atoms with Gasteiger partial charge in [0.15, 0.2) is 0 Å². The molecule has 1 aromatic heterocycles. The maximum atomic E-state index is 12.9. The third-order valence-electron chi connectivity index (χ3n) is 5.52. The number of hydrogen-bond donors (Lipinski definition) is 1. The highest BCUT2D eigenvalue weighted by Crippen LogP contribution is 2.37. The van der Waals surface area contributed by atoms with Crippen molar-refractivity contribution in [2.75, 3.05) is 0 Å². The molecular weight excluding hydrogens is 345 g/mol. The minimum absolute atomic E-state index is 0.216. The normalized spacial score (nSPS) is 26.4. The van der Waals surface area contributed by atoms with E-state index in [9.17, 15) is 18.3 Å². The number of piperidine rings is 1. The van der Waals surface area contributed by atoms with Crippen LogP contribution < -0.4 is 0 Å². The molecule has 3 atom stereocenters. The Hall–Kier alpha value is -1.86. The van der Waals surface area contributed by atoms with Crippen molar-refractivity contribution in [2.45, 2.75) is 63.5 Å². The van der Waals surface area contributed by atoms with E-state index in [-0.39, 0.29) is 12.0 Å². The number of aromatic nitrogens is 1. The molecule has 1 unspecified atom stereocenters. The fourth-order valence-electron chi connectivity index (χ4n) is 4.20. The molecule has 4 nitrogen and oxygen atoms in total. The lowest BCUT2D eigenvalue weighted by molar-refractivity contribution is -0.137. The van der Waals surface area contributed by atoms with Crippen LogP contribution >= 0.6 is 0 Å². The Morgan fingerprint density at radius 1 is 1.23 bits per heavy atom. The van der Waals surface area contributed by atoms with Crippen LogP contribution in [0.2, 0.25) is 0 Å². The third kappa shape index (κ3) is 3.25. The van der Waals surface area contributed by atoms with Crippen LogP contribution in [0.1, 0.15) is 42.7 Å². The molecule has 2 bridgehead atoms. The van der Waals surface area contributed by atoms with Crippen molar-refractivity contribution < 1.29 is 22.7 Å². The minimum atomic E-state index is -4.39. The van der Waals surface area contributed by atoms with Crippen LogP contribution in [0.25, 0.3) is 11.5 Å². The number of aliphatic hydroxyl groups excluding tert-OH is 1. The van der Waals surface area contributed by atoms with Crippen LogP contribution in [0.4, 0.5) is 13.2 Å². The van der Waals surface area contributed by atoms with Crippen molar-refractivity contribution in [2.24, 2.45) is 0 Å². The van der Waals surface area contributed by atoms with Crippen LogP contribution in [0.3, 0.4) is 0 Å². The lowest BCUT2D eigenvalue weighted by atomic mass is 9.99. The van der Waals surface area contributed by atoms with E-state index in [2.05, 4.69) is 9.88 Å². The minimum Gasteiger partial charge on any atom is -0.441 e. The third-order valence-corrected chi connectivity index (χ3v) is 5.52. The van der Waals surface area contributed by atoms with Gasteiger partial charge in [0.05, 0.1) is 17.4 Å². The number of nitrogens with zero attached hydrogens (tertiary/aromatic N) is 2. The predicted octanol–water partition coefficient (Wildman–Crippen LogP) is 4.16. The van der Waals surface area contributed by atoms with E-state index in [0.29, 0.717) is 30.0 Å². The number of oxazole rings is 1. The summed E-state index contributed by atoms with van der Waals surface area (Å²) >= 11 is 0. The molecule has 2 saturated heterocycles. The summed E-state index contributed by atoms with van der Waals surface area (Å²) in [5.74, 6) is 0.843. The highest BCUT2D eigenvalue weighted by atomic mass is 19.4. The van der Waals surface area contributed by atoms with Crippen molar-refractivity contribution in [3.63, 3.8) is 0 Å². The lowest BCUT2D eigenvalue weighted by Crippen LogP contribution is -2.44. The molecular formula is C19H21F3N2O2. The van der Waals surface area contributed by atoms with Gasteiger partial charge in [-0.2, -0.15) is 13.2 Å². The number of alkyl halides is 3. The molecule has 2 aliphatic heterocycles. The van der Waals surface area contributed by atoms with Crippen molar-refractivity contribution in [3.8, 4) is 11.5 Å². The molecule has 0 spiro atoms. The van der Waals surface area contributed by atoms with Gasteiger partial charge in [0.1, 0.15) is 5.76 Å². The van der Waals surface area contributed by atoms with E-state index in [1.54, 1.807) is 13.0 Å². The summed E-state index contributed by atoms with van der Waals surface area (Å²) in [6.45, 7) is 2.40. The molecule has 1 N–H and O–H groups in total. The van der Waals surface area contributed by atoms with Crippen LogP contribution in [-0.4, -0.2) is 33.2 Å². The van der Waals surface area contributed by atoms with Gasteiger partial charge in [-0.05, 0) is 50.8 Å². The molecule has 0 aliphatic carbocycles. The first-order valence-electron chi connectivity index (χ1n) is 8.89. The molecule has 2 fully saturated rings. The van der Waals surface area contributed by atoms with Gasteiger partial charge in [0.2, 0.25) is 5.89 Å². The molecule has 2 aromatic rings. The van der Waals surface area contributed by atoms with E-state index < -0.39 is 11.7 Å². The quantitative estimate of drug-likeness (QED) is 0.886. The standard InChI is InChI=1S/C19H21F3N2O2/c1-11-17(10-24-14-5-6-15(24)9-16(25)8-14)23-18(26-11)12-3-2-4-13(7-12)19(20,21)22/h2-4,7,14-16,25H,5-6,8-10H2,1H3/t14-,15+,16?. The fourth-order valence-corrected chi connectivity index (χ4v) is 4.20. The summed E-state index contributed by atoms with van der Waals surface area (Å²) in [6, 6.07) is 5.73. The number of benzene rings is 1. The van der Waals surface area contributed by atoms with Crippen molar-refractivity contribution in [1.29, 1.82) is 0 Å². The second kappa shape index (κ2) is 6.39. The molecule has 0 amide bonds. The number of hydrogen-bond acceptors (Lipinski definition) is 4. The van der Waals surface area contributed by atoms with Gasteiger partial charge in [-0.15, -0.1) is 0 Å². The van der Waals surface area contributed by atoms with Gasteiger partial charge in [-0.25, -0.2) is 4.98 Å². The first-order valence-corrected chi connectivity index (χ1v) is 8.89. The number of fused-ring (bicyclic) bond motifs is 2. The Balaban J connectivity index is 1.57. The van der Waals surface area contributed by atoms with E-state index in [1.165, 1.54) is 6.07 Å². The first-order chi connectivity index (χ1) is 12.3. The van der Waals surface area contributed by atoms with Gasteiger partial charge in [0.25, 0.3) is 0 Å². The van der Waals surface area contributed by atoms with Gasteiger partial charge in [-0.3, -0.25) is 4.90 Å². The Kier molecular flexibility index (Phi) is 4.31. The first kappa shape index (κ1) is 17.5. The van der Waals surface area contributed by atoms with Gasteiger partial charge in [-0.1, -0.05) is 6.07 Å². The summed E-state index contributed by atoms with van der Waals surface area (Å²) in [5.41, 5.74) is 0.368. The van der Waals surface area contributed by atoms with Crippen LogP contribution in [0.5, 0.6) is 0 Å². The summed E-state index contributed by atoms with van der Waals surface area (Å²) in [6.07, 6.45) is -0.947. The molecule has 0 saturated carbocycles. The van der Waals surface area contributed by atoms with Gasteiger partial charge in [0, 0.05) is 24.2 Å². The van der Waals surface area contributed by atoms with E-state index in [4.69, 9.17) is 4.42 Å². The van der Waals surface area contributed by atoms with E-state index in [0.717, 1.165) is 43.5 Å². The van der Waals surface area contributed by atoms with Crippen molar-refractivity contribution >= 4 is 0 Å².